The van der Waals surface area contributed by atoms with E-state index in [4.69, 9.17) is 9.47 Å². The molecular weight excluding hydrogens is 424 g/mol. The van der Waals surface area contributed by atoms with Crippen LogP contribution in [0.2, 0.25) is 0 Å². The predicted molar refractivity (Wildman–Crippen MR) is 101 cm³/mol. The van der Waals surface area contributed by atoms with Gasteiger partial charge in [-0.15, -0.1) is 0 Å². The van der Waals surface area contributed by atoms with Gasteiger partial charge in [0.1, 0.15) is 13.2 Å². The predicted octanol–water partition coefficient (Wildman–Crippen LogP) is 2.69. The van der Waals surface area contributed by atoms with Crippen LogP contribution in [0.1, 0.15) is 15.9 Å². The smallest absolute Gasteiger partial charge is 0.256 e. The molecule has 1 heterocycles. The standard InChI is InChI=1S/C17H17BrN2O5S/c1-10-3-4-11(26(22,23)19-2)7-12(10)17(21)20-14-9-16-15(8-13(14)18)24-5-6-25-16/h3-4,7-9,19H,5-6H2,1-2H3,(H,20,21). The van der Waals surface area contributed by atoms with Crippen LogP contribution in [0.3, 0.4) is 0 Å². The molecule has 0 saturated heterocycles. The molecule has 3 rings (SSSR count). The Bertz CT molecular complexity index is 975. The molecule has 2 aromatic carbocycles. The van der Waals surface area contributed by atoms with Crippen molar-refractivity contribution in [2.45, 2.75) is 11.8 Å². The van der Waals surface area contributed by atoms with Gasteiger partial charge in [0, 0.05) is 22.2 Å². The first-order valence-electron chi connectivity index (χ1n) is 7.76. The van der Waals surface area contributed by atoms with Gasteiger partial charge in [0.25, 0.3) is 5.91 Å². The van der Waals surface area contributed by atoms with Gasteiger partial charge >= 0.3 is 0 Å². The number of nitrogens with one attached hydrogen (secondary N) is 2. The highest BCUT2D eigenvalue weighted by Crippen LogP contribution is 2.38. The number of ether oxygens (including phenoxy) is 2. The lowest BCUT2D eigenvalue weighted by molar-refractivity contribution is 0.102. The molecule has 2 aromatic rings. The fourth-order valence-corrected chi connectivity index (χ4v) is 3.66. The van der Waals surface area contributed by atoms with E-state index in [1.807, 2.05) is 0 Å². The third-order valence-corrected chi connectivity index (χ3v) is 5.98. The van der Waals surface area contributed by atoms with Gasteiger partial charge in [-0.05, 0) is 47.6 Å². The summed E-state index contributed by atoms with van der Waals surface area (Å²) >= 11 is 3.40. The van der Waals surface area contributed by atoms with Crippen molar-refractivity contribution in [2.24, 2.45) is 0 Å². The highest BCUT2D eigenvalue weighted by atomic mass is 79.9. The Morgan fingerprint density at radius 3 is 2.42 bits per heavy atom. The fourth-order valence-electron chi connectivity index (χ4n) is 2.48. The number of benzene rings is 2. The van der Waals surface area contributed by atoms with Gasteiger partial charge in [-0.25, -0.2) is 13.1 Å². The number of hydrogen-bond donors (Lipinski definition) is 2. The first-order valence-corrected chi connectivity index (χ1v) is 10.0. The second-order valence-corrected chi connectivity index (χ2v) is 8.35. The molecule has 0 fully saturated rings. The Balaban J connectivity index is 1.92. The van der Waals surface area contributed by atoms with E-state index in [9.17, 15) is 13.2 Å². The second-order valence-electron chi connectivity index (χ2n) is 5.61. The molecule has 2 N–H and O–H groups in total. The molecule has 1 amide bonds. The molecule has 7 nitrogen and oxygen atoms in total. The Labute approximate surface area is 159 Å². The molecular formula is C17H17BrN2O5S. The zero-order valence-electron chi connectivity index (χ0n) is 14.1. The molecule has 0 aliphatic carbocycles. The Morgan fingerprint density at radius 1 is 1.12 bits per heavy atom. The van der Waals surface area contributed by atoms with Crippen LogP contribution >= 0.6 is 15.9 Å². The Kier molecular flexibility index (Phi) is 5.22. The monoisotopic (exact) mass is 440 g/mol. The molecule has 0 saturated carbocycles. The van der Waals surface area contributed by atoms with Crippen LogP contribution in [0, 0.1) is 6.92 Å². The van der Waals surface area contributed by atoms with Crippen molar-refractivity contribution in [3.63, 3.8) is 0 Å². The third-order valence-electron chi connectivity index (χ3n) is 3.91. The van der Waals surface area contributed by atoms with Crippen LogP contribution in [0.15, 0.2) is 39.7 Å². The number of anilines is 1. The maximum Gasteiger partial charge on any atom is 0.256 e. The molecule has 0 bridgehead atoms. The lowest BCUT2D eigenvalue weighted by atomic mass is 10.1. The molecule has 0 spiro atoms. The number of sulfonamides is 1. The summed E-state index contributed by atoms with van der Waals surface area (Å²) in [6.07, 6.45) is 0. The van der Waals surface area contributed by atoms with Crippen molar-refractivity contribution in [2.75, 3.05) is 25.6 Å². The summed E-state index contributed by atoms with van der Waals surface area (Å²) in [5.41, 5.74) is 1.43. The molecule has 0 atom stereocenters. The van der Waals surface area contributed by atoms with Gasteiger partial charge in [-0.2, -0.15) is 0 Å². The molecule has 0 radical (unpaired) electrons. The quantitative estimate of drug-likeness (QED) is 0.761. The van der Waals surface area contributed by atoms with Gasteiger partial charge < -0.3 is 14.8 Å². The summed E-state index contributed by atoms with van der Waals surface area (Å²) in [6.45, 7) is 2.64. The van der Waals surface area contributed by atoms with Gasteiger partial charge in [-0.1, -0.05) is 6.07 Å². The maximum absolute atomic E-state index is 12.7. The average molecular weight is 441 g/mol. The van der Waals surface area contributed by atoms with Gasteiger partial charge in [0.05, 0.1) is 10.6 Å². The SMILES string of the molecule is CNS(=O)(=O)c1ccc(C)c(C(=O)Nc2cc3c(cc2Br)OCCO3)c1. The topological polar surface area (TPSA) is 93.7 Å². The van der Waals surface area contributed by atoms with E-state index in [1.165, 1.54) is 19.2 Å². The van der Waals surface area contributed by atoms with Crippen molar-refractivity contribution in [1.29, 1.82) is 0 Å². The third kappa shape index (κ3) is 3.69. The number of carbonyl (C=O) groups excluding carboxylic acids is 1. The Morgan fingerprint density at radius 2 is 1.77 bits per heavy atom. The van der Waals surface area contributed by atoms with Crippen molar-refractivity contribution < 1.29 is 22.7 Å². The summed E-state index contributed by atoms with van der Waals surface area (Å²) in [5, 5.41) is 2.78. The molecule has 138 valence electrons. The zero-order valence-corrected chi connectivity index (χ0v) is 16.5. The molecule has 0 aromatic heterocycles. The van der Waals surface area contributed by atoms with E-state index < -0.39 is 15.9 Å². The van der Waals surface area contributed by atoms with E-state index >= 15 is 0 Å². The van der Waals surface area contributed by atoms with Crippen LogP contribution in [-0.4, -0.2) is 34.6 Å². The maximum atomic E-state index is 12.7. The minimum Gasteiger partial charge on any atom is -0.486 e. The second kappa shape index (κ2) is 7.26. The molecule has 26 heavy (non-hydrogen) atoms. The van der Waals surface area contributed by atoms with Crippen molar-refractivity contribution in [3.8, 4) is 11.5 Å². The normalized spacial score (nSPS) is 13.3. The molecule has 1 aliphatic rings. The number of rotatable bonds is 4. The molecule has 9 heteroatoms. The summed E-state index contributed by atoms with van der Waals surface area (Å²) in [5.74, 6) is 0.713. The van der Waals surface area contributed by atoms with E-state index in [-0.39, 0.29) is 10.5 Å². The van der Waals surface area contributed by atoms with Crippen molar-refractivity contribution in [1.82, 2.24) is 4.72 Å². The van der Waals surface area contributed by atoms with Gasteiger partial charge in [0.15, 0.2) is 11.5 Å². The lowest BCUT2D eigenvalue weighted by Gasteiger charge is -2.20. The number of amides is 1. The van der Waals surface area contributed by atoms with Crippen LogP contribution in [0.25, 0.3) is 0 Å². The summed E-state index contributed by atoms with van der Waals surface area (Å²) in [7, 11) is -2.32. The summed E-state index contributed by atoms with van der Waals surface area (Å²) < 4.78 is 37.8. The summed E-state index contributed by atoms with van der Waals surface area (Å²) in [4.78, 5) is 12.7. The number of fused-ring (bicyclic) bond motifs is 1. The minimum atomic E-state index is -3.64. The summed E-state index contributed by atoms with van der Waals surface area (Å²) in [6, 6.07) is 7.79. The van der Waals surface area contributed by atoms with Gasteiger partial charge in [-0.3, -0.25) is 4.79 Å². The minimum absolute atomic E-state index is 0.0250. The van der Waals surface area contributed by atoms with Crippen LogP contribution in [-0.2, 0) is 10.0 Å². The Hall–Kier alpha value is -2.10. The number of aryl methyl sites for hydroxylation is 1. The van der Waals surface area contributed by atoms with Gasteiger partial charge in [0.2, 0.25) is 10.0 Å². The lowest BCUT2D eigenvalue weighted by Crippen LogP contribution is -2.20. The fraction of sp³-hybridized carbons (Fsp3) is 0.235. The highest BCUT2D eigenvalue weighted by molar-refractivity contribution is 9.10. The van der Waals surface area contributed by atoms with E-state index in [1.54, 1.807) is 25.1 Å². The van der Waals surface area contributed by atoms with Crippen LogP contribution < -0.4 is 19.5 Å². The molecule has 1 aliphatic heterocycles. The number of carbonyl (C=O) groups is 1. The van der Waals surface area contributed by atoms with Crippen LogP contribution in [0.4, 0.5) is 5.69 Å². The van der Waals surface area contributed by atoms with Crippen molar-refractivity contribution in [3.05, 3.63) is 45.9 Å². The largest absolute Gasteiger partial charge is 0.486 e. The molecule has 0 unspecified atom stereocenters. The zero-order chi connectivity index (χ0) is 18.9. The van der Waals surface area contributed by atoms with E-state index in [0.29, 0.717) is 40.4 Å². The van der Waals surface area contributed by atoms with E-state index in [2.05, 4.69) is 26.0 Å². The van der Waals surface area contributed by atoms with E-state index in [0.717, 1.165) is 0 Å². The van der Waals surface area contributed by atoms with Crippen LogP contribution in [0.5, 0.6) is 11.5 Å². The first kappa shape index (κ1) is 18.7. The van der Waals surface area contributed by atoms with Crippen molar-refractivity contribution >= 4 is 37.5 Å². The highest BCUT2D eigenvalue weighted by Gasteiger charge is 2.19. The number of halogens is 1. The number of hydrogen-bond acceptors (Lipinski definition) is 5. The average Bonchev–Trinajstić information content (AvgIpc) is 2.62. The first-order chi connectivity index (χ1) is 12.3.